The predicted octanol–water partition coefficient (Wildman–Crippen LogP) is 16.3. The van der Waals surface area contributed by atoms with Crippen LogP contribution in [0.4, 0.5) is 17.1 Å². The summed E-state index contributed by atoms with van der Waals surface area (Å²) < 4.78 is 0. The average molecular weight is 752 g/mol. The van der Waals surface area contributed by atoms with Crippen LogP contribution in [0.1, 0.15) is 0 Å². The summed E-state index contributed by atoms with van der Waals surface area (Å²) in [7, 11) is 0. The molecule has 0 unspecified atom stereocenters. The van der Waals surface area contributed by atoms with Crippen LogP contribution >= 0.6 is 0 Å². The molecule has 0 saturated heterocycles. The Hall–Kier alpha value is -7.74. The second-order valence-corrected chi connectivity index (χ2v) is 14.9. The molecule has 10 aromatic rings. The van der Waals surface area contributed by atoms with Crippen LogP contribution in [0.3, 0.4) is 0 Å². The Morgan fingerprint density at radius 2 is 0.559 bits per heavy atom. The van der Waals surface area contributed by atoms with E-state index in [-0.39, 0.29) is 0 Å². The lowest BCUT2D eigenvalue weighted by Crippen LogP contribution is -2.10. The van der Waals surface area contributed by atoms with Gasteiger partial charge in [0.05, 0.1) is 0 Å². The van der Waals surface area contributed by atoms with Crippen molar-refractivity contribution in [3.05, 3.63) is 249 Å². The fourth-order valence-electron chi connectivity index (χ4n) is 8.26. The van der Waals surface area contributed by atoms with E-state index in [1.165, 1.54) is 77.5 Å². The van der Waals surface area contributed by atoms with Crippen molar-refractivity contribution in [2.75, 3.05) is 4.90 Å². The van der Waals surface area contributed by atoms with E-state index in [9.17, 15) is 0 Å². The highest BCUT2D eigenvalue weighted by molar-refractivity contribution is 5.97. The molecule has 0 radical (unpaired) electrons. The van der Waals surface area contributed by atoms with Crippen LogP contribution in [0.15, 0.2) is 249 Å². The maximum Gasteiger partial charge on any atom is 0.0468 e. The highest BCUT2D eigenvalue weighted by Crippen LogP contribution is 2.42. The molecule has 0 aliphatic heterocycles. The molecule has 10 aromatic carbocycles. The Balaban J connectivity index is 1.07. The largest absolute Gasteiger partial charge is 0.310 e. The number of rotatable bonds is 9. The molecule has 0 atom stereocenters. The maximum absolute atomic E-state index is 2.38. The first kappa shape index (κ1) is 35.7. The van der Waals surface area contributed by atoms with Crippen LogP contribution in [0.5, 0.6) is 0 Å². The van der Waals surface area contributed by atoms with E-state index >= 15 is 0 Å². The average Bonchev–Trinajstić information content (AvgIpc) is 3.33. The van der Waals surface area contributed by atoms with E-state index in [0.717, 1.165) is 17.1 Å². The van der Waals surface area contributed by atoms with Crippen LogP contribution in [0.2, 0.25) is 0 Å². The van der Waals surface area contributed by atoms with Gasteiger partial charge in [0.15, 0.2) is 0 Å². The molecule has 0 N–H and O–H groups in total. The molecule has 0 heterocycles. The molecule has 10 rings (SSSR count). The molecule has 0 aliphatic carbocycles. The van der Waals surface area contributed by atoms with E-state index in [4.69, 9.17) is 0 Å². The van der Waals surface area contributed by atoms with Crippen molar-refractivity contribution in [2.24, 2.45) is 0 Å². The van der Waals surface area contributed by atoms with Crippen LogP contribution in [-0.4, -0.2) is 0 Å². The highest BCUT2D eigenvalue weighted by atomic mass is 15.1. The van der Waals surface area contributed by atoms with Crippen molar-refractivity contribution in [1.29, 1.82) is 0 Å². The second kappa shape index (κ2) is 16.0. The molecule has 0 spiro atoms. The van der Waals surface area contributed by atoms with E-state index in [1.54, 1.807) is 0 Å². The van der Waals surface area contributed by atoms with Gasteiger partial charge in [-0.15, -0.1) is 0 Å². The lowest BCUT2D eigenvalue weighted by Gasteiger charge is -2.27. The van der Waals surface area contributed by atoms with Crippen LogP contribution in [0, 0.1) is 0 Å². The molecule has 0 saturated carbocycles. The molecule has 0 aromatic heterocycles. The first-order valence-electron chi connectivity index (χ1n) is 20.2. The fraction of sp³-hybridized carbons (Fsp3) is 0. The van der Waals surface area contributed by atoms with Gasteiger partial charge >= 0.3 is 0 Å². The third-order valence-corrected chi connectivity index (χ3v) is 11.3. The summed E-state index contributed by atoms with van der Waals surface area (Å²) in [6, 6.07) is 89.8. The Labute approximate surface area is 346 Å². The minimum absolute atomic E-state index is 1.09. The van der Waals surface area contributed by atoms with Crippen molar-refractivity contribution < 1.29 is 0 Å². The molecule has 1 heteroatoms. The minimum atomic E-state index is 1.09. The molecule has 278 valence electrons. The third-order valence-electron chi connectivity index (χ3n) is 11.3. The summed E-state index contributed by atoms with van der Waals surface area (Å²) in [4.78, 5) is 2.38. The predicted molar refractivity (Wildman–Crippen MR) is 251 cm³/mol. The summed E-state index contributed by atoms with van der Waals surface area (Å²) in [5, 5.41) is 2.50. The molecular formula is C58H41N. The van der Waals surface area contributed by atoms with E-state index < -0.39 is 0 Å². The maximum atomic E-state index is 2.38. The summed E-state index contributed by atoms with van der Waals surface area (Å²) in [5.41, 5.74) is 17.7. The smallest absolute Gasteiger partial charge is 0.0468 e. The Morgan fingerprint density at radius 1 is 0.203 bits per heavy atom. The minimum Gasteiger partial charge on any atom is -0.310 e. The van der Waals surface area contributed by atoms with Gasteiger partial charge in [-0.05, 0) is 114 Å². The quantitative estimate of drug-likeness (QED) is 0.142. The van der Waals surface area contributed by atoms with Gasteiger partial charge in [0.2, 0.25) is 0 Å². The Kier molecular flexibility index (Phi) is 9.68. The number of hydrogen-bond donors (Lipinski definition) is 0. The van der Waals surface area contributed by atoms with Gasteiger partial charge in [0, 0.05) is 17.1 Å². The molecular weight excluding hydrogens is 711 g/mol. The van der Waals surface area contributed by atoms with E-state index in [1.807, 2.05) is 0 Å². The number of hydrogen-bond acceptors (Lipinski definition) is 1. The van der Waals surface area contributed by atoms with E-state index in [2.05, 4.69) is 254 Å². The second-order valence-electron chi connectivity index (χ2n) is 14.9. The van der Waals surface area contributed by atoms with Crippen LogP contribution < -0.4 is 4.90 Å². The molecule has 1 nitrogen and oxygen atoms in total. The van der Waals surface area contributed by atoms with Crippen molar-refractivity contribution in [3.63, 3.8) is 0 Å². The molecule has 0 amide bonds. The topological polar surface area (TPSA) is 3.24 Å². The van der Waals surface area contributed by atoms with Crippen molar-refractivity contribution in [3.8, 4) is 66.8 Å². The van der Waals surface area contributed by atoms with E-state index in [0.29, 0.717) is 0 Å². The van der Waals surface area contributed by atoms with Gasteiger partial charge in [-0.25, -0.2) is 0 Å². The number of benzene rings is 10. The van der Waals surface area contributed by atoms with Gasteiger partial charge in [0.25, 0.3) is 0 Å². The highest BCUT2D eigenvalue weighted by Gasteiger charge is 2.18. The van der Waals surface area contributed by atoms with Crippen molar-refractivity contribution >= 4 is 27.8 Å². The lowest BCUT2D eigenvalue weighted by atomic mass is 9.92. The SMILES string of the molecule is c1ccc(-c2ccc(-c3ccc(N(c4ccc(-c5cccc6ccccc56)cc4)c4ccc(-c5ccccc5)c(-c5ccc(-c6ccccc6)cc5)c4)cc3)cc2)cc1. The zero-order valence-electron chi connectivity index (χ0n) is 32.6. The summed E-state index contributed by atoms with van der Waals surface area (Å²) in [6.45, 7) is 0. The molecule has 0 aliphatic rings. The van der Waals surface area contributed by atoms with Gasteiger partial charge in [-0.2, -0.15) is 0 Å². The van der Waals surface area contributed by atoms with Gasteiger partial charge in [-0.3, -0.25) is 0 Å². The van der Waals surface area contributed by atoms with Gasteiger partial charge in [0.1, 0.15) is 0 Å². The monoisotopic (exact) mass is 751 g/mol. The molecule has 0 bridgehead atoms. The Bertz CT molecular complexity index is 2970. The Morgan fingerprint density at radius 3 is 1.10 bits per heavy atom. The summed E-state index contributed by atoms with van der Waals surface area (Å²) in [5.74, 6) is 0. The molecule has 0 fully saturated rings. The van der Waals surface area contributed by atoms with Crippen LogP contribution in [0.25, 0.3) is 77.5 Å². The first-order valence-corrected chi connectivity index (χ1v) is 20.2. The summed E-state index contributed by atoms with van der Waals surface area (Å²) in [6.07, 6.45) is 0. The zero-order chi connectivity index (χ0) is 39.4. The summed E-state index contributed by atoms with van der Waals surface area (Å²) >= 11 is 0. The lowest BCUT2D eigenvalue weighted by molar-refractivity contribution is 1.28. The normalized spacial score (nSPS) is 11.1. The van der Waals surface area contributed by atoms with Crippen molar-refractivity contribution in [2.45, 2.75) is 0 Å². The van der Waals surface area contributed by atoms with Crippen LogP contribution in [-0.2, 0) is 0 Å². The first-order chi connectivity index (χ1) is 29.2. The standard InChI is InChI=1S/C58H41N/c1-4-13-42(14-5-1)44-23-25-46(26-24-44)47-31-35-52(36-32-47)59(53-37-33-50(34-38-53)56-22-12-20-49-19-10-11-21-55(49)56)54-39-40-57(48-17-8-3-9-18-48)58(41-54)51-29-27-45(28-30-51)43-15-6-2-7-16-43/h1-41H. The van der Waals surface area contributed by atoms with Crippen molar-refractivity contribution in [1.82, 2.24) is 0 Å². The number of nitrogens with zero attached hydrogens (tertiary/aromatic N) is 1. The number of fused-ring (bicyclic) bond motifs is 1. The molecule has 59 heavy (non-hydrogen) atoms. The van der Waals surface area contributed by atoms with Gasteiger partial charge < -0.3 is 4.90 Å². The zero-order valence-corrected chi connectivity index (χ0v) is 32.6. The number of anilines is 3. The fourth-order valence-corrected chi connectivity index (χ4v) is 8.26. The van der Waals surface area contributed by atoms with Gasteiger partial charge in [-0.1, -0.05) is 212 Å². The third kappa shape index (κ3) is 7.34.